The molecule has 0 unspecified atom stereocenters. The van der Waals surface area contributed by atoms with E-state index in [9.17, 15) is 13.2 Å². The summed E-state index contributed by atoms with van der Waals surface area (Å²) in [5, 5.41) is 4.77. The van der Waals surface area contributed by atoms with Gasteiger partial charge in [0.1, 0.15) is 4.88 Å². The van der Waals surface area contributed by atoms with Gasteiger partial charge in [-0.1, -0.05) is 34.8 Å². The molecule has 2 heterocycles. The van der Waals surface area contributed by atoms with Crippen molar-refractivity contribution >= 4 is 72.2 Å². The Bertz CT molecular complexity index is 951. The zero-order chi connectivity index (χ0) is 19.1. The van der Waals surface area contributed by atoms with E-state index in [0.29, 0.717) is 45.0 Å². The second kappa shape index (κ2) is 7.81. The summed E-state index contributed by atoms with van der Waals surface area (Å²) in [5.41, 5.74) is 0. The van der Waals surface area contributed by atoms with Crippen molar-refractivity contribution in [3.63, 3.8) is 0 Å². The molecular formula is C16H17Cl3N2O3S2. The van der Waals surface area contributed by atoms with Crippen LogP contribution in [-0.4, -0.2) is 44.5 Å². The molecule has 10 heteroatoms. The third-order valence-corrected chi connectivity index (χ3v) is 7.89. The summed E-state index contributed by atoms with van der Waals surface area (Å²) >= 11 is 19.8. The predicted molar refractivity (Wildman–Crippen MR) is 108 cm³/mol. The van der Waals surface area contributed by atoms with Crippen LogP contribution in [0.25, 0.3) is 10.1 Å². The number of fused-ring (bicyclic) bond motifs is 1. The normalized spacial score (nSPS) is 16.9. The van der Waals surface area contributed by atoms with Crippen LogP contribution in [0, 0.1) is 5.92 Å². The first-order valence-corrected chi connectivity index (χ1v) is 11.8. The lowest BCUT2D eigenvalue weighted by Crippen LogP contribution is -2.41. The zero-order valence-corrected chi connectivity index (χ0v) is 17.8. The summed E-state index contributed by atoms with van der Waals surface area (Å²) in [6, 6.07) is 3.33. The predicted octanol–water partition coefficient (Wildman–Crippen LogP) is 4.26. The number of hydrogen-bond acceptors (Lipinski definition) is 4. The van der Waals surface area contributed by atoms with Crippen molar-refractivity contribution in [3.8, 4) is 0 Å². The number of carbonyl (C=O) groups is 1. The minimum atomic E-state index is -3.14. The Morgan fingerprint density at radius 1 is 1.27 bits per heavy atom. The highest BCUT2D eigenvalue weighted by Crippen LogP contribution is 2.41. The largest absolute Gasteiger partial charge is 0.351 e. The molecule has 142 valence electrons. The third-order valence-electron chi connectivity index (χ3n) is 4.45. The zero-order valence-electron chi connectivity index (χ0n) is 13.9. The molecule has 1 aromatic carbocycles. The molecule has 3 rings (SSSR count). The molecule has 1 aliphatic rings. The van der Waals surface area contributed by atoms with Gasteiger partial charge in [0.2, 0.25) is 10.0 Å². The van der Waals surface area contributed by atoms with E-state index in [1.165, 1.54) is 21.9 Å². The van der Waals surface area contributed by atoms with Crippen molar-refractivity contribution in [2.45, 2.75) is 12.8 Å². The van der Waals surface area contributed by atoms with Crippen molar-refractivity contribution in [1.29, 1.82) is 0 Å². The lowest BCUT2D eigenvalue weighted by Gasteiger charge is -2.30. The molecule has 0 spiro atoms. The van der Waals surface area contributed by atoms with Crippen LogP contribution in [0.15, 0.2) is 12.1 Å². The van der Waals surface area contributed by atoms with Crippen LogP contribution in [0.1, 0.15) is 22.5 Å². The van der Waals surface area contributed by atoms with Crippen molar-refractivity contribution in [2.24, 2.45) is 5.92 Å². The molecule has 26 heavy (non-hydrogen) atoms. The van der Waals surface area contributed by atoms with E-state index in [0.717, 1.165) is 17.5 Å². The maximum Gasteiger partial charge on any atom is 0.262 e. The second-order valence-corrected chi connectivity index (χ2v) is 10.6. The van der Waals surface area contributed by atoms with E-state index in [4.69, 9.17) is 34.8 Å². The highest BCUT2D eigenvalue weighted by Gasteiger charge is 2.26. The lowest BCUT2D eigenvalue weighted by molar-refractivity contribution is 0.0946. The first-order valence-electron chi connectivity index (χ1n) is 7.97. The van der Waals surface area contributed by atoms with Crippen LogP contribution >= 0.6 is 46.1 Å². The summed E-state index contributed by atoms with van der Waals surface area (Å²) in [6.45, 7) is 1.45. The van der Waals surface area contributed by atoms with Crippen molar-refractivity contribution < 1.29 is 13.2 Å². The minimum absolute atomic E-state index is 0.239. The van der Waals surface area contributed by atoms with Crippen LogP contribution in [0.4, 0.5) is 0 Å². The fourth-order valence-corrected chi connectivity index (χ4v) is 6.19. The van der Waals surface area contributed by atoms with Crippen molar-refractivity contribution in [1.82, 2.24) is 9.62 Å². The molecule has 0 radical (unpaired) electrons. The van der Waals surface area contributed by atoms with Gasteiger partial charge in [-0.2, -0.15) is 0 Å². The number of halogens is 3. The lowest BCUT2D eigenvalue weighted by atomic mass is 9.98. The maximum atomic E-state index is 12.5. The number of benzene rings is 1. The molecule has 0 bridgehead atoms. The minimum Gasteiger partial charge on any atom is -0.351 e. The van der Waals surface area contributed by atoms with Gasteiger partial charge in [0.15, 0.2) is 0 Å². The number of amides is 1. The van der Waals surface area contributed by atoms with Gasteiger partial charge in [0, 0.05) is 34.7 Å². The monoisotopic (exact) mass is 454 g/mol. The highest BCUT2D eigenvalue weighted by molar-refractivity contribution is 7.88. The molecule has 1 fully saturated rings. The number of nitrogens with zero attached hydrogens (tertiary/aromatic N) is 1. The van der Waals surface area contributed by atoms with Gasteiger partial charge < -0.3 is 5.32 Å². The van der Waals surface area contributed by atoms with Crippen LogP contribution < -0.4 is 5.32 Å². The van der Waals surface area contributed by atoms with E-state index >= 15 is 0 Å². The Labute approximate surface area is 171 Å². The highest BCUT2D eigenvalue weighted by atomic mass is 35.5. The maximum absolute atomic E-state index is 12.5. The number of hydrogen-bond donors (Lipinski definition) is 1. The third kappa shape index (κ3) is 4.29. The Kier molecular flexibility index (Phi) is 6.06. The molecule has 5 nitrogen and oxygen atoms in total. The summed E-state index contributed by atoms with van der Waals surface area (Å²) in [7, 11) is -3.14. The SMILES string of the molecule is CS(=O)(=O)N1CCC(CNC(=O)c2sc3cc(Cl)cc(Cl)c3c2Cl)CC1. The smallest absolute Gasteiger partial charge is 0.262 e. The average molecular weight is 456 g/mol. The summed E-state index contributed by atoms with van der Waals surface area (Å²) in [4.78, 5) is 12.9. The molecule has 0 atom stereocenters. The van der Waals surface area contributed by atoms with Crippen molar-refractivity contribution in [3.05, 3.63) is 32.1 Å². The Hall–Kier alpha value is -0.570. The van der Waals surface area contributed by atoms with Gasteiger partial charge >= 0.3 is 0 Å². The van der Waals surface area contributed by atoms with Crippen LogP contribution in [0.5, 0.6) is 0 Å². The van der Waals surface area contributed by atoms with Crippen molar-refractivity contribution in [2.75, 3.05) is 25.9 Å². The number of rotatable bonds is 4. The Morgan fingerprint density at radius 3 is 2.54 bits per heavy atom. The average Bonchev–Trinajstić information content (AvgIpc) is 2.89. The fraction of sp³-hybridized carbons (Fsp3) is 0.438. The van der Waals surface area contributed by atoms with Gasteiger partial charge in [-0.3, -0.25) is 4.79 Å². The summed E-state index contributed by atoms with van der Waals surface area (Å²) < 4.78 is 25.3. The van der Waals surface area contributed by atoms with Gasteiger partial charge in [0.25, 0.3) is 5.91 Å². The van der Waals surface area contributed by atoms with Gasteiger partial charge in [-0.05, 0) is 30.9 Å². The number of thiophene rings is 1. The van der Waals surface area contributed by atoms with Gasteiger partial charge in [-0.25, -0.2) is 12.7 Å². The van der Waals surface area contributed by atoms with E-state index in [2.05, 4.69) is 5.32 Å². The van der Waals surface area contributed by atoms with Gasteiger partial charge in [0.05, 0.1) is 16.3 Å². The van der Waals surface area contributed by atoms with E-state index in [-0.39, 0.29) is 11.8 Å². The van der Waals surface area contributed by atoms with E-state index in [1.54, 1.807) is 12.1 Å². The first kappa shape index (κ1) is 20.2. The van der Waals surface area contributed by atoms with Crippen LogP contribution in [0.3, 0.4) is 0 Å². The topological polar surface area (TPSA) is 66.5 Å². The standard InChI is InChI=1S/C16H17Cl3N2O3S2/c1-26(23,24)21-4-2-9(3-5-21)8-20-16(22)15-14(19)13-11(18)6-10(17)7-12(13)25-15/h6-7,9H,2-5,8H2,1H3,(H,20,22). The van der Waals surface area contributed by atoms with Crippen LogP contribution in [-0.2, 0) is 10.0 Å². The molecule has 0 saturated carbocycles. The molecule has 1 N–H and O–H groups in total. The Morgan fingerprint density at radius 2 is 1.92 bits per heavy atom. The van der Waals surface area contributed by atoms with Gasteiger partial charge in [-0.15, -0.1) is 11.3 Å². The molecule has 1 saturated heterocycles. The number of piperidine rings is 1. The molecule has 1 aromatic heterocycles. The molecule has 1 amide bonds. The Balaban J connectivity index is 1.65. The molecular weight excluding hydrogens is 439 g/mol. The summed E-state index contributed by atoms with van der Waals surface area (Å²) in [5.74, 6) is -0.0166. The number of nitrogens with one attached hydrogen (secondary N) is 1. The van der Waals surface area contributed by atoms with E-state index < -0.39 is 10.0 Å². The van der Waals surface area contributed by atoms with Crippen LogP contribution in [0.2, 0.25) is 15.1 Å². The fourth-order valence-electron chi connectivity index (χ4n) is 3.02. The molecule has 2 aromatic rings. The van der Waals surface area contributed by atoms with E-state index in [1.807, 2.05) is 0 Å². The first-order chi connectivity index (χ1) is 12.2. The second-order valence-electron chi connectivity index (χ2n) is 6.32. The molecule has 0 aliphatic carbocycles. The molecule has 1 aliphatic heterocycles. The quantitative estimate of drug-likeness (QED) is 0.749. The number of sulfonamides is 1. The summed E-state index contributed by atoms with van der Waals surface area (Å²) in [6.07, 6.45) is 2.65. The number of carbonyl (C=O) groups excluding carboxylic acids is 1.